The van der Waals surface area contributed by atoms with Gasteiger partial charge in [-0.3, -0.25) is 0 Å². The Hall–Kier alpha value is -0.610. The lowest BCUT2D eigenvalue weighted by Crippen LogP contribution is -2.46. The van der Waals surface area contributed by atoms with Gasteiger partial charge in [0.25, 0.3) is 0 Å². The second-order valence-electron chi connectivity index (χ2n) is 5.97. The summed E-state index contributed by atoms with van der Waals surface area (Å²) in [5, 5.41) is 0.886. The second-order valence-corrected chi connectivity index (χ2v) is 6.53. The van der Waals surface area contributed by atoms with Crippen LogP contribution in [0.2, 0.25) is 0 Å². The summed E-state index contributed by atoms with van der Waals surface area (Å²) in [5.41, 5.74) is 1.25. The summed E-state index contributed by atoms with van der Waals surface area (Å²) in [6.45, 7) is 4.95. The molecule has 1 aromatic heterocycles. The van der Waals surface area contributed by atoms with Crippen molar-refractivity contribution in [3.05, 3.63) is 23.9 Å². The van der Waals surface area contributed by atoms with E-state index in [9.17, 15) is 0 Å². The summed E-state index contributed by atoms with van der Waals surface area (Å²) in [6, 6.07) is 5.15. The number of nitrogens with zero attached hydrogens (tertiary/aromatic N) is 3. The minimum Gasteiger partial charge on any atom is -0.357 e. The van der Waals surface area contributed by atoms with Gasteiger partial charge in [0.15, 0.2) is 0 Å². The van der Waals surface area contributed by atoms with Crippen molar-refractivity contribution < 1.29 is 0 Å². The first-order valence-electron chi connectivity index (χ1n) is 7.87. The van der Waals surface area contributed by atoms with Gasteiger partial charge in [0.05, 0.1) is 0 Å². The number of pyridine rings is 1. The maximum Gasteiger partial charge on any atom is 0.128 e. The van der Waals surface area contributed by atoms with Crippen LogP contribution in [0.25, 0.3) is 0 Å². The highest BCUT2D eigenvalue weighted by Gasteiger charge is 2.25. The molecular weight excluding hydrogens is 314 g/mol. The minimum atomic E-state index is 0.813. The summed E-state index contributed by atoms with van der Waals surface area (Å²) in [7, 11) is 0. The molecule has 0 radical (unpaired) electrons. The van der Waals surface area contributed by atoms with Crippen LogP contribution < -0.4 is 4.90 Å². The molecule has 3 nitrogen and oxygen atoms in total. The molecule has 2 aliphatic rings. The highest BCUT2D eigenvalue weighted by atomic mass is 79.9. The van der Waals surface area contributed by atoms with Gasteiger partial charge < -0.3 is 9.80 Å². The maximum absolute atomic E-state index is 4.59. The van der Waals surface area contributed by atoms with Crippen molar-refractivity contribution in [2.45, 2.75) is 43.5 Å². The highest BCUT2D eigenvalue weighted by Crippen LogP contribution is 2.23. The SMILES string of the molecule is BrCc1ccc(N2CCC(N3CCCCC3)CC2)nc1. The van der Waals surface area contributed by atoms with Gasteiger partial charge in [-0.25, -0.2) is 4.98 Å². The van der Waals surface area contributed by atoms with Crippen LogP contribution in [0.4, 0.5) is 5.82 Å². The summed E-state index contributed by atoms with van der Waals surface area (Å²) >= 11 is 3.47. The van der Waals surface area contributed by atoms with Gasteiger partial charge in [-0.2, -0.15) is 0 Å². The van der Waals surface area contributed by atoms with Crippen molar-refractivity contribution >= 4 is 21.7 Å². The third-order valence-corrected chi connectivity index (χ3v) is 5.31. The Kier molecular flexibility index (Phi) is 4.94. The van der Waals surface area contributed by atoms with E-state index in [0.717, 1.165) is 30.3 Å². The van der Waals surface area contributed by atoms with Gasteiger partial charge in [-0.1, -0.05) is 28.4 Å². The lowest BCUT2D eigenvalue weighted by Gasteiger charge is -2.40. The molecule has 4 heteroatoms. The molecule has 0 bridgehead atoms. The van der Waals surface area contributed by atoms with E-state index in [1.807, 2.05) is 6.20 Å². The number of rotatable bonds is 3. The zero-order valence-electron chi connectivity index (χ0n) is 12.1. The zero-order valence-corrected chi connectivity index (χ0v) is 13.7. The largest absolute Gasteiger partial charge is 0.357 e. The Morgan fingerprint density at radius 1 is 1.05 bits per heavy atom. The van der Waals surface area contributed by atoms with Crippen LogP contribution in [0.5, 0.6) is 0 Å². The lowest BCUT2D eigenvalue weighted by molar-refractivity contribution is 0.141. The summed E-state index contributed by atoms with van der Waals surface area (Å²) < 4.78 is 0. The van der Waals surface area contributed by atoms with Gasteiger partial charge in [0, 0.05) is 30.7 Å². The Morgan fingerprint density at radius 2 is 1.80 bits per heavy atom. The summed E-state index contributed by atoms with van der Waals surface area (Å²) in [5.74, 6) is 1.15. The molecule has 0 atom stereocenters. The van der Waals surface area contributed by atoms with Crippen molar-refractivity contribution in [3.63, 3.8) is 0 Å². The standard InChI is InChI=1S/C16H24BrN3/c17-12-14-4-5-16(18-13-14)20-10-6-15(7-11-20)19-8-2-1-3-9-19/h4-5,13,15H,1-3,6-12H2. The first kappa shape index (κ1) is 14.3. The van der Waals surface area contributed by atoms with Gasteiger partial charge in [-0.05, 0) is 50.4 Å². The molecular formula is C16H24BrN3. The van der Waals surface area contributed by atoms with Crippen molar-refractivity contribution in [3.8, 4) is 0 Å². The Labute approximate surface area is 130 Å². The number of hydrogen-bond donors (Lipinski definition) is 0. The molecule has 0 spiro atoms. The van der Waals surface area contributed by atoms with Crippen molar-refractivity contribution in [2.24, 2.45) is 0 Å². The van der Waals surface area contributed by atoms with E-state index in [2.05, 4.69) is 42.8 Å². The summed E-state index contributed by atoms with van der Waals surface area (Å²) in [6.07, 6.45) is 8.80. The molecule has 0 aliphatic carbocycles. The van der Waals surface area contributed by atoms with E-state index in [4.69, 9.17) is 0 Å². The first-order chi connectivity index (χ1) is 9.86. The second kappa shape index (κ2) is 6.90. The smallest absolute Gasteiger partial charge is 0.128 e. The molecule has 2 fully saturated rings. The van der Waals surface area contributed by atoms with E-state index in [-0.39, 0.29) is 0 Å². The number of halogens is 1. The topological polar surface area (TPSA) is 19.4 Å². The highest BCUT2D eigenvalue weighted by molar-refractivity contribution is 9.08. The third-order valence-electron chi connectivity index (χ3n) is 4.66. The molecule has 3 heterocycles. The molecule has 0 aromatic carbocycles. The van der Waals surface area contributed by atoms with E-state index >= 15 is 0 Å². The fraction of sp³-hybridized carbons (Fsp3) is 0.688. The predicted octanol–water partition coefficient (Wildman–Crippen LogP) is 3.43. The number of hydrogen-bond acceptors (Lipinski definition) is 3. The number of anilines is 1. The summed E-state index contributed by atoms with van der Waals surface area (Å²) in [4.78, 5) is 9.76. The van der Waals surface area contributed by atoms with E-state index in [0.29, 0.717) is 0 Å². The van der Waals surface area contributed by atoms with Crippen LogP contribution in [0, 0.1) is 0 Å². The van der Waals surface area contributed by atoms with Gasteiger partial charge in [0.2, 0.25) is 0 Å². The molecule has 0 saturated carbocycles. The number of piperidine rings is 2. The van der Waals surface area contributed by atoms with Crippen LogP contribution >= 0.6 is 15.9 Å². The number of aromatic nitrogens is 1. The van der Waals surface area contributed by atoms with Crippen LogP contribution in [0.3, 0.4) is 0 Å². The average molecular weight is 338 g/mol. The van der Waals surface area contributed by atoms with Crippen LogP contribution in [0.15, 0.2) is 18.3 Å². The monoisotopic (exact) mass is 337 g/mol. The Balaban J connectivity index is 1.54. The predicted molar refractivity (Wildman–Crippen MR) is 87.5 cm³/mol. The zero-order chi connectivity index (χ0) is 13.8. The van der Waals surface area contributed by atoms with Crippen LogP contribution in [-0.4, -0.2) is 42.1 Å². The molecule has 2 saturated heterocycles. The normalized spacial score (nSPS) is 22.1. The molecule has 1 aromatic rings. The molecule has 3 rings (SSSR count). The minimum absolute atomic E-state index is 0.813. The fourth-order valence-corrected chi connectivity index (χ4v) is 3.76. The molecule has 110 valence electrons. The Bertz CT molecular complexity index is 406. The molecule has 20 heavy (non-hydrogen) atoms. The molecule has 0 amide bonds. The van der Waals surface area contributed by atoms with E-state index < -0.39 is 0 Å². The van der Waals surface area contributed by atoms with Crippen LogP contribution in [0.1, 0.15) is 37.7 Å². The molecule has 0 unspecified atom stereocenters. The van der Waals surface area contributed by atoms with Crippen molar-refractivity contribution in [1.29, 1.82) is 0 Å². The number of likely N-dealkylation sites (tertiary alicyclic amines) is 1. The van der Waals surface area contributed by atoms with Crippen molar-refractivity contribution in [2.75, 3.05) is 31.1 Å². The van der Waals surface area contributed by atoms with Crippen LogP contribution in [-0.2, 0) is 5.33 Å². The molecule has 0 N–H and O–H groups in total. The number of alkyl halides is 1. The molecule has 2 aliphatic heterocycles. The third kappa shape index (κ3) is 3.34. The first-order valence-corrected chi connectivity index (χ1v) is 8.99. The van der Waals surface area contributed by atoms with Crippen molar-refractivity contribution in [1.82, 2.24) is 9.88 Å². The van der Waals surface area contributed by atoms with Gasteiger partial charge in [0.1, 0.15) is 5.82 Å². The quantitative estimate of drug-likeness (QED) is 0.787. The van der Waals surface area contributed by atoms with E-state index in [1.54, 1.807) is 0 Å². The van der Waals surface area contributed by atoms with E-state index in [1.165, 1.54) is 50.8 Å². The van der Waals surface area contributed by atoms with Gasteiger partial charge >= 0.3 is 0 Å². The fourth-order valence-electron chi connectivity index (χ4n) is 3.43. The van der Waals surface area contributed by atoms with Gasteiger partial charge in [-0.15, -0.1) is 0 Å². The Morgan fingerprint density at radius 3 is 2.40 bits per heavy atom. The maximum atomic E-state index is 4.59. The lowest BCUT2D eigenvalue weighted by atomic mass is 10.00. The average Bonchev–Trinajstić information content (AvgIpc) is 2.56.